The molecule has 1 fully saturated rings. The average Bonchev–Trinajstić information content (AvgIpc) is 3.33. The molecule has 7 nitrogen and oxygen atoms in total. The molecule has 2 amide bonds. The fourth-order valence-electron chi connectivity index (χ4n) is 3.43. The molecule has 0 spiro atoms. The Morgan fingerprint density at radius 3 is 2.40 bits per heavy atom. The van der Waals surface area contributed by atoms with Crippen LogP contribution in [-0.4, -0.2) is 40.9 Å². The predicted molar refractivity (Wildman–Crippen MR) is 113 cm³/mol. The van der Waals surface area contributed by atoms with E-state index in [4.69, 9.17) is 16.3 Å². The van der Waals surface area contributed by atoms with Gasteiger partial charge in [0.2, 0.25) is 0 Å². The van der Waals surface area contributed by atoms with Crippen LogP contribution in [-0.2, 0) is 14.3 Å². The maximum Gasteiger partial charge on any atom is 0.269 e. The van der Waals surface area contributed by atoms with E-state index in [9.17, 15) is 19.7 Å². The molecule has 0 radical (unpaired) electrons. The van der Waals surface area contributed by atoms with Crippen molar-refractivity contribution in [2.24, 2.45) is 0 Å². The molecule has 30 heavy (non-hydrogen) atoms. The van der Waals surface area contributed by atoms with Crippen LogP contribution in [0.25, 0.3) is 5.57 Å². The van der Waals surface area contributed by atoms with Gasteiger partial charge >= 0.3 is 0 Å². The standard InChI is InChI=1S/C21H17ClN2O5S/c22-14-5-9-17(10-6-14)30-19-18(13-3-7-15(8-4-13)24(27)28)20(25)23(21(19)26)12-16-2-1-11-29-16/h3-10,16H,1-2,11-12H2. The molecule has 0 aliphatic carbocycles. The summed E-state index contributed by atoms with van der Waals surface area (Å²) < 4.78 is 5.60. The summed E-state index contributed by atoms with van der Waals surface area (Å²) in [5, 5.41) is 11.5. The van der Waals surface area contributed by atoms with Gasteiger partial charge in [-0.05, 0) is 54.8 Å². The number of nitrogens with zero attached hydrogens (tertiary/aromatic N) is 2. The van der Waals surface area contributed by atoms with Crippen LogP contribution in [0.3, 0.4) is 0 Å². The van der Waals surface area contributed by atoms with Crippen LogP contribution in [0.15, 0.2) is 58.3 Å². The summed E-state index contributed by atoms with van der Waals surface area (Å²) in [5.41, 5.74) is 0.623. The van der Waals surface area contributed by atoms with Crippen molar-refractivity contribution in [1.29, 1.82) is 0 Å². The monoisotopic (exact) mass is 444 g/mol. The van der Waals surface area contributed by atoms with Gasteiger partial charge < -0.3 is 4.74 Å². The summed E-state index contributed by atoms with van der Waals surface area (Å²) >= 11 is 7.13. The zero-order valence-corrected chi connectivity index (χ0v) is 17.3. The van der Waals surface area contributed by atoms with Crippen LogP contribution in [0.5, 0.6) is 0 Å². The van der Waals surface area contributed by atoms with Gasteiger partial charge in [-0.3, -0.25) is 24.6 Å². The van der Waals surface area contributed by atoms with E-state index in [1.165, 1.54) is 40.9 Å². The van der Waals surface area contributed by atoms with E-state index >= 15 is 0 Å². The van der Waals surface area contributed by atoms with Gasteiger partial charge in [-0.1, -0.05) is 23.4 Å². The Hall–Kier alpha value is -2.68. The lowest BCUT2D eigenvalue weighted by molar-refractivity contribution is -0.384. The normalized spacial score (nSPS) is 19.1. The number of non-ortho nitro benzene ring substituents is 1. The number of benzene rings is 2. The number of hydrogen-bond donors (Lipinski definition) is 0. The number of amides is 2. The Balaban J connectivity index is 1.71. The second kappa shape index (κ2) is 8.59. The third kappa shape index (κ3) is 4.12. The summed E-state index contributed by atoms with van der Waals surface area (Å²) in [6.07, 6.45) is 1.52. The molecular formula is C21H17ClN2O5S. The Bertz CT molecular complexity index is 1030. The van der Waals surface area contributed by atoms with Crippen LogP contribution >= 0.6 is 23.4 Å². The molecule has 2 aliphatic heterocycles. The molecule has 1 atom stereocenters. The number of carbonyl (C=O) groups excluding carboxylic acids is 2. The molecule has 0 aromatic heterocycles. The van der Waals surface area contributed by atoms with Crippen molar-refractivity contribution in [3.05, 3.63) is 74.1 Å². The quantitative estimate of drug-likeness (QED) is 0.375. The molecule has 1 unspecified atom stereocenters. The summed E-state index contributed by atoms with van der Waals surface area (Å²) in [6, 6.07) is 12.6. The second-order valence-corrected chi connectivity index (χ2v) is 8.44. The topological polar surface area (TPSA) is 89.8 Å². The van der Waals surface area contributed by atoms with Gasteiger partial charge in [0.05, 0.1) is 28.1 Å². The zero-order chi connectivity index (χ0) is 21.3. The van der Waals surface area contributed by atoms with E-state index in [0.717, 1.165) is 17.7 Å². The molecule has 2 heterocycles. The number of imide groups is 1. The van der Waals surface area contributed by atoms with Gasteiger partial charge in [0.25, 0.3) is 17.5 Å². The van der Waals surface area contributed by atoms with Crippen LogP contribution in [0.4, 0.5) is 5.69 Å². The molecular weight excluding hydrogens is 428 g/mol. The third-order valence-corrected chi connectivity index (χ3v) is 6.28. The number of halogens is 1. The van der Waals surface area contributed by atoms with Crippen molar-refractivity contribution >= 4 is 46.4 Å². The molecule has 154 valence electrons. The number of hydrogen-bond acceptors (Lipinski definition) is 6. The van der Waals surface area contributed by atoms with E-state index < -0.39 is 10.8 Å². The molecule has 4 rings (SSSR count). The maximum atomic E-state index is 13.2. The zero-order valence-electron chi connectivity index (χ0n) is 15.7. The highest BCUT2D eigenvalue weighted by atomic mass is 35.5. The number of ether oxygens (including phenoxy) is 1. The lowest BCUT2D eigenvalue weighted by atomic mass is 10.1. The first-order chi connectivity index (χ1) is 14.4. The van der Waals surface area contributed by atoms with Crippen molar-refractivity contribution in [3.63, 3.8) is 0 Å². The smallest absolute Gasteiger partial charge is 0.269 e. The Morgan fingerprint density at radius 2 is 1.80 bits per heavy atom. The highest BCUT2D eigenvalue weighted by Crippen LogP contribution is 2.40. The molecule has 0 saturated carbocycles. The first kappa shape index (κ1) is 20.6. The summed E-state index contributed by atoms with van der Waals surface area (Å²) in [7, 11) is 0. The molecule has 0 N–H and O–H groups in total. The van der Waals surface area contributed by atoms with Gasteiger partial charge in [0, 0.05) is 28.7 Å². The molecule has 0 bridgehead atoms. The summed E-state index contributed by atoms with van der Waals surface area (Å²) in [6.45, 7) is 0.814. The van der Waals surface area contributed by atoms with Crippen LogP contribution < -0.4 is 0 Å². The van der Waals surface area contributed by atoms with Crippen LogP contribution in [0, 0.1) is 10.1 Å². The fourth-order valence-corrected chi connectivity index (χ4v) is 4.57. The van der Waals surface area contributed by atoms with E-state index in [2.05, 4.69) is 0 Å². The Kier molecular flexibility index (Phi) is 5.90. The van der Waals surface area contributed by atoms with E-state index in [0.29, 0.717) is 17.2 Å². The van der Waals surface area contributed by atoms with Crippen LogP contribution in [0.2, 0.25) is 5.02 Å². The highest BCUT2D eigenvalue weighted by Gasteiger charge is 2.41. The number of nitro benzene ring substituents is 1. The minimum absolute atomic E-state index is 0.0840. The van der Waals surface area contributed by atoms with E-state index in [1.807, 2.05) is 0 Å². The molecule has 2 aliphatic rings. The fraction of sp³-hybridized carbons (Fsp3) is 0.238. The van der Waals surface area contributed by atoms with Gasteiger partial charge in [0.1, 0.15) is 0 Å². The second-order valence-electron chi connectivity index (χ2n) is 6.92. The predicted octanol–water partition coefficient (Wildman–Crippen LogP) is 4.30. The Morgan fingerprint density at radius 1 is 1.10 bits per heavy atom. The van der Waals surface area contributed by atoms with Gasteiger partial charge in [-0.2, -0.15) is 0 Å². The van der Waals surface area contributed by atoms with Crippen molar-refractivity contribution in [2.45, 2.75) is 23.8 Å². The molecule has 1 saturated heterocycles. The lowest BCUT2D eigenvalue weighted by Crippen LogP contribution is -2.37. The summed E-state index contributed by atoms with van der Waals surface area (Å²) in [5.74, 6) is -0.801. The number of rotatable bonds is 6. The van der Waals surface area contributed by atoms with Crippen molar-refractivity contribution in [1.82, 2.24) is 4.90 Å². The number of carbonyl (C=O) groups is 2. The number of nitro groups is 1. The SMILES string of the molecule is O=C1C(Sc2ccc(Cl)cc2)=C(c2ccc([N+](=O)[O-])cc2)C(=O)N1CC1CCCO1. The molecule has 9 heteroatoms. The third-order valence-electron chi connectivity index (χ3n) is 4.94. The van der Waals surface area contributed by atoms with Crippen molar-refractivity contribution in [2.75, 3.05) is 13.2 Å². The largest absolute Gasteiger partial charge is 0.376 e. The van der Waals surface area contributed by atoms with Gasteiger partial charge in [0.15, 0.2) is 0 Å². The van der Waals surface area contributed by atoms with Crippen LogP contribution in [0.1, 0.15) is 18.4 Å². The highest BCUT2D eigenvalue weighted by molar-refractivity contribution is 8.04. The van der Waals surface area contributed by atoms with E-state index in [1.54, 1.807) is 24.3 Å². The molecule has 2 aromatic carbocycles. The lowest BCUT2D eigenvalue weighted by Gasteiger charge is -2.19. The first-order valence-corrected chi connectivity index (χ1v) is 10.5. The average molecular weight is 445 g/mol. The summed E-state index contributed by atoms with van der Waals surface area (Å²) in [4.78, 5) is 39.1. The van der Waals surface area contributed by atoms with Gasteiger partial charge in [-0.15, -0.1) is 0 Å². The maximum absolute atomic E-state index is 13.2. The van der Waals surface area contributed by atoms with Crippen molar-refractivity contribution in [3.8, 4) is 0 Å². The van der Waals surface area contributed by atoms with Gasteiger partial charge in [-0.25, -0.2) is 0 Å². The van der Waals surface area contributed by atoms with Crippen molar-refractivity contribution < 1.29 is 19.2 Å². The first-order valence-electron chi connectivity index (χ1n) is 9.34. The minimum atomic E-state index is -0.507. The van der Waals surface area contributed by atoms with E-state index in [-0.39, 0.29) is 34.7 Å². The molecule has 2 aromatic rings. The minimum Gasteiger partial charge on any atom is -0.376 e. The Labute approximate surface area is 181 Å². The number of thioether (sulfide) groups is 1.